The van der Waals surface area contributed by atoms with Crippen LogP contribution < -0.4 is 10.1 Å². The number of hydrogen-bond donors (Lipinski definition) is 1. The predicted molar refractivity (Wildman–Crippen MR) is 118 cm³/mol. The number of hydrogen-bond acceptors (Lipinski definition) is 6. The van der Waals surface area contributed by atoms with Crippen molar-refractivity contribution >= 4 is 22.4 Å². The summed E-state index contributed by atoms with van der Waals surface area (Å²) < 4.78 is 24.6. The lowest BCUT2D eigenvalue weighted by molar-refractivity contribution is 0.101. The van der Waals surface area contributed by atoms with Crippen LogP contribution in [0.5, 0.6) is 5.75 Å². The Morgan fingerprint density at radius 3 is 2.81 bits per heavy atom. The zero-order valence-electron chi connectivity index (χ0n) is 18.0. The lowest BCUT2D eigenvalue weighted by atomic mass is 9.91. The quantitative estimate of drug-likeness (QED) is 0.411. The van der Waals surface area contributed by atoms with Crippen molar-refractivity contribution in [3.05, 3.63) is 53.5 Å². The Bertz CT molecular complexity index is 1060. The number of halogens is 1. The second-order valence-electron chi connectivity index (χ2n) is 8.04. The second kappa shape index (κ2) is 9.47. The van der Waals surface area contributed by atoms with Gasteiger partial charge in [-0.25, -0.2) is 4.39 Å². The summed E-state index contributed by atoms with van der Waals surface area (Å²) in [4.78, 5) is 14.0. The van der Waals surface area contributed by atoms with Crippen LogP contribution in [0.15, 0.2) is 40.9 Å². The van der Waals surface area contributed by atoms with E-state index in [-0.39, 0.29) is 11.6 Å². The first-order valence-corrected chi connectivity index (χ1v) is 10.8. The van der Waals surface area contributed by atoms with Gasteiger partial charge in [0.05, 0.1) is 18.0 Å². The number of anilines is 1. The highest BCUT2D eigenvalue weighted by Gasteiger charge is 2.25. The van der Waals surface area contributed by atoms with Crippen LogP contribution >= 0.6 is 0 Å². The third-order valence-corrected chi connectivity index (χ3v) is 5.97. The maximum atomic E-state index is 13.4. The topological polar surface area (TPSA) is 67.6 Å². The molecule has 1 aromatic heterocycles. The van der Waals surface area contributed by atoms with Gasteiger partial charge in [-0.1, -0.05) is 5.16 Å². The fourth-order valence-corrected chi connectivity index (χ4v) is 4.20. The Morgan fingerprint density at radius 2 is 2.06 bits per heavy atom. The summed E-state index contributed by atoms with van der Waals surface area (Å²) in [6, 6.07) is 10.1. The molecule has 31 heavy (non-hydrogen) atoms. The maximum absolute atomic E-state index is 13.4. The van der Waals surface area contributed by atoms with Gasteiger partial charge in [0.25, 0.3) is 0 Å². The first kappa shape index (κ1) is 21.3. The summed E-state index contributed by atoms with van der Waals surface area (Å²) in [6.45, 7) is 5.14. The summed E-state index contributed by atoms with van der Waals surface area (Å²) in [5.74, 6) is 0.846. The van der Waals surface area contributed by atoms with Gasteiger partial charge >= 0.3 is 0 Å². The number of fused-ring (bicyclic) bond motifs is 1. The van der Waals surface area contributed by atoms with Crippen molar-refractivity contribution < 1.29 is 18.4 Å². The molecule has 0 aliphatic carbocycles. The molecule has 1 N–H and O–H groups in total. The Balaban J connectivity index is 1.24. The highest BCUT2D eigenvalue weighted by atomic mass is 19.1. The molecule has 0 radical (unpaired) electrons. The normalized spacial score (nSPS) is 15.3. The number of likely N-dealkylation sites (tertiary alicyclic amines) is 1. The van der Waals surface area contributed by atoms with Crippen LogP contribution in [0.4, 0.5) is 10.1 Å². The van der Waals surface area contributed by atoms with E-state index >= 15 is 0 Å². The average Bonchev–Trinajstić information content (AvgIpc) is 3.20. The van der Waals surface area contributed by atoms with Crippen molar-refractivity contribution in [2.24, 2.45) is 0 Å². The summed E-state index contributed by atoms with van der Waals surface area (Å²) >= 11 is 0. The van der Waals surface area contributed by atoms with Crippen LogP contribution in [-0.4, -0.2) is 49.1 Å². The van der Waals surface area contributed by atoms with Gasteiger partial charge in [-0.3, -0.25) is 4.79 Å². The van der Waals surface area contributed by atoms with Crippen LogP contribution in [0.1, 0.15) is 48.2 Å². The number of nitrogens with one attached hydrogen (secondary N) is 1. The molecular formula is C24H28FN3O3. The van der Waals surface area contributed by atoms with Crippen molar-refractivity contribution in [3.63, 3.8) is 0 Å². The molecule has 3 aromatic rings. The molecule has 0 unspecified atom stereocenters. The monoisotopic (exact) mass is 425 g/mol. The first-order valence-electron chi connectivity index (χ1n) is 10.8. The summed E-state index contributed by atoms with van der Waals surface area (Å²) in [7, 11) is 1.82. The largest absolute Gasteiger partial charge is 0.491 e. The SMILES string of the molecule is CNc1cc(C(C)=O)ccc1OCCCN1CCC(c2noc3cc(F)ccc23)CC1. The third-order valence-electron chi connectivity index (χ3n) is 5.97. The Hall–Kier alpha value is -2.93. The highest BCUT2D eigenvalue weighted by Crippen LogP contribution is 2.33. The molecule has 0 atom stereocenters. The van der Waals surface area contributed by atoms with E-state index in [0.29, 0.717) is 23.7 Å². The molecule has 1 aliphatic heterocycles. The van der Waals surface area contributed by atoms with Crippen LogP contribution in [0.25, 0.3) is 11.0 Å². The number of carbonyl (C=O) groups excluding carboxylic acids is 1. The first-order chi connectivity index (χ1) is 15.0. The van der Waals surface area contributed by atoms with Gasteiger partial charge in [0.2, 0.25) is 0 Å². The molecule has 7 heteroatoms. The summed E-state index contributed by atoms with van der Waals surface area (Å²) in [5.41, 5.74) is 2.97. The van der Waals surface area contributed by atoms with E-state index in [1.165, 1.54) is 12.1 Å². The average molecular weight is 426 g/mol. The number of rotatable bonds is 8. The van der Waals surface area contributed by atoms with Crippen LogP contribution in [0.3, 0.4) is 0 Å². The fourth-order valence-electron chi connectivity index (χ4n) is 4.20. The number of carbonyl (C=O) groups is 1. The van der Waals surface area contributed by atoms with Crippen molar-refractivity contribution in [2.45, 2.75) is 32.1 Å². The number of aromatic nitrogens is 1. The van der Waals surface area contributed by atoms with E-state index in [1.54, 1.807) is 19.1 Å². The standard InChI is InChI=1S/C24H28FN3O3/c1-16(29)18-4-7-22(21(14-18)26-2)30-13-3-10-28-11-8-17(9-12-28)24-20-6-5-19(25)15-23(20)31-27-24/h4-7,14-15,17,26H,3,8-13H2,1-2H3. The molecule has 4 rings (SSSR count). The molecule has 164 valence electrons. The number of Topliss-reactive ketones (excluding diaryl/α,β-unsaturated/α-hetero) is 1. The number of benzene rings is 2. The molecule has 1 fully saturated rings. The second-order valence-corrected chi connectivity index (χ2v) is 8.04. The molecule has 6 nitrogen and oxygen atoms in total. The third kappa shape index (κ3) is 4.88. The minimum atomic E-state index is -0.302. The molecule has 2 heterocycles. The van der Waals surface area contributed by atoms with Gasteiger partial charge in [0.15, 0.2) is 11.4 Å². The van der Waals surface area contributed by atoms with Gasteiger partial charge in [0, 0.05) is 36.5 Å². The predicted octanol–water partition coefficient (Wildman–Crippen LogP) is 4.86. The minimum absolute atomic E-state index is 0.0391. The van der Waals surface area contributed by atoms with Crippen LogP contribution in [-0.2, 0) is 0 Å². The molecule has 0 saturated carbocycles. The van der Waals surface area contributed by atoms with E-state index in [0.717, 1.165) is 61.4 Å². The minimum Gasteiger partial charge on any atom is -0.491 e. The number of nitrogens with zero attached hydrogens (tertiary/aromatic N) is 2. The fraction of sp³-hybridized carbons (Fsp3) is 0.417. The van der Waals surface area contributed by atoms with E-state index in [9.17, 15) is 9.18 Å². The van der Waals surface area contributed by atoms with E-state index < -0.39 is 0 Å². The van der Waals surface area contributed by atoms with E-state index in [1.807, 2.05) is 19.2 Å². The summed E-state index contributed by atoms with van der Waals surface area (Å²) in [5, 5.41) is 8.23. The molecule has 1 saturated heterocycles. The molecular weight excluding hydrogens is 397 g/mol. The van der Waals surface area contributed by atoms with Gasteiger partial charge in [0.1, 0.15) is 11.6 Å². The van der Waals surface area contributed by atoms with Crippen LogP contribution in [0.2, 0.25) is 0 Å². The van der Waals surface area contributed by atoms with Gasteiger partial charge in [-0.15, -0.1) is 0 Å². The molecule has 0 bridgehead atoms. The molecule has 0 spiro atoms. The van der Waals surface area contributed by atoms with Gasteiger partial charge < -0.3 is 19.5 Å². The number of ketones is 1. The van der Waals surface area contributed by atoms with Crippen molar-refractivity contribution in [2.75, 3.05) is 38.6 Å². The Labute approximate surface area is 181 Å². The smallest absolute Gasteiger partial charge is 0.170 e. The number of ether oxygens (including phenoxy) is 1. The van der Waals surface area contributed by atoms with Crippen molar-refractivity contribution in [1.82, 2.24) is 10.1 Å². The zero-order chi connectivity index (χ0) is 21.8. The summed E-state index contributed by atoms with van der Waals surface area (Å²) in [6.07, 6.45) is 2.95. The zero-order valence-corrected chi connectivity index (χ0v) is 18.0. The Kier molecular flexibility index (Phi) is 6.51. The van der Waals surface area contributed by atoms with E-state index in [4.69, 9.17) is 9.26 Å². The Morgan fingerprint density at radius 1 is 1.26 bits per heavy atom. The maximum Gasteiger partial charge on any atom is 0.170 e. The lowest BCUT2D eigenvalue weighted by Crippen LogP contribution is -2.34. The van der Waals surface area contributed by atoms with E-state index in [2.05, 4.69) is 15.4 Å². The van der Waals surface area contributed by atoms with Gasteiger partial charge in [-0.2, -0.15) is 0 Å². The molecule has 0 amide bonds. The highest BCUT2D eigenvalue weighted by molar-refractivity contribution is 5.95. The molecule has 1 aliphatic rings. The number of piperidine rings is 1. The van der Waals surface area contributed by atoms with Crippen molar-refractivity contribution in [3.8, 4) is 5.75 Å². The van der Waals surface area contributed by atoms with Crippen LogP contribution in [0, 0.1) is 5.82 Å². The van der Waals surface area contributed by atoms with Crippen molar-refractivity contribution in [1.29, 1.82) is 0 Å². The van der Waals surface area contributed by atoms with Gasteiger partial charge in [-0.05, 0) is 69.6 Å². The lowest BCUT2D eigenvalue weighted by Gasteiger charge is -2.31. The molecule has 2 aromatic carbocycles.